The van der Waals surface area contributed by atoms with Gasteiger partial charge in [0.15, 0.2) is 0 Å². The van der Waals surface area contributed by atoms with Crippen LogP contribution >= 0.6 is 0 Å². The summed E-state index contributed by atoms with van der Waals surface area (Å²) in [5, 5.41) is 0. The minimum atomic E-state index is 0.685. The Labute approximate surface area is 112 Å². The first-order chi connectivity index (χ1) is 9.33. The Morgan fingerprint density at radius 3 is 1.89 bits per heavy atom. The second kappa shape index (κ2) is 4.94. The highest BCUT2D eigenvalue weighted by Crippen LogP contribution is 2.23. The molecule has 2 N–H and O–H groups in total. The maximum Gasteiger partial charge on any atom is 0.0703 e. The maximum atomic E-state index is 5.64. The molecule has 0 spiro atoms. The summed E-state index contributed by atoms with van der Waals surface area (Å²) >= 11 is 0. The number of hydrogen-bond acceptors (Lipinski definition) is 2. The van der Waals surface area contributed by atoms with E-state index in [1.165, 1.54) is 11.1 Å². The number of nitrogen functional groups attached to an aromatic ring is 1. The highest BCUT2D eigenvalue weighted by molar-refractivity contribution is 5.69. The lowest BCUT2D eigenvalue weighted by molar-refractivity contribution is 1.33. The number of aromatic nitrogens is 1. The van der Waals surface area contributed by atoms with Crippen molar-refractivity contribution in [1.82, 2.24) is 4.98 Å². The molecule has 0 saturated carbocycles. The van der Waals surface area contributed by atoms with Gasteiger partial charge in [-0.15, -0.1) is 0 Å². The van der Waals surface area contributed by atoms with Crippen LogP contribution in [0.4, 0.5) is 5.69 Å². The predicted octanol–water partition coefficient (Wildman–Crippen LogP) is 4.00. The van der Waals surface area contributed by atoms with E-state index in [4.69, 9.17) is 5.73 Å². The zero-order valence-electron chi connectivity index (χ0n) is 10.5. The average Bonchev–Trinajstić information content (AvgIpc) is 2.49. The van der Waals surface area contributed by atoms with E-state index in [0.29, 0.717) is 5.69 Å². The minimum Gasteiger partial charge on any atom is -0.397 e. The molecule has 19 heavy (non-hydrogen) atoms. The van der Waals surface area contributed by atoms with Gasteiger partial charge in [0.05, 0.1) is 17.6 Å². The lowest BCUT2D eigenvalue weighted by Gasteiger charge is -2.04. The maximum absolute atomic E-state index is 5.64. The molecule has 0 fully saturated rings. The first kappa shape index (κ1) is 11.5. The van der Waals surface area contributed by atoms with Crippen LogP contribution in [-0.4, -0.2) is 4.98 Å². The zero-order chi connectivity index (χ0) is 13.1. The molecule has 3 rings (SSSR count). The summed E-state index contributed by atoms with van der Waals surface area (Å²) < 4.78 is 0. The molecule has 1 heterocycles. The van der Waals surface area contributed by atoms with Gasteiger partial charge in [-0.3, -0.25) is 4.98 Å². The number of nitrogens with two attached hydrogens (primary N) is 1. The standard InChI is InChI=1S/C17H14N2/c18-16-10-11-17(19-12-16)15-8-6-14(7-9-15)13-4-2-1-3-5-13/h1-12H,18H2. The fourth-order valence-electron chi connectivity index (χ4n) is 2.04. The first-order valence-corrected chi connectivity index (χ1v) is 6.20. The first-order valence-electron chi connectivity index (χ1n) is 6.20. The third-order valence-corrected chi connectivity index (χ3v) is 3.07. The molecule has 0 aliphatic heterocycles. The molecule has 2 heteroatoms. The van der Waals surface area contributed by atoms with E-state index >= 15 is 0 Å². The Kier molecular flexibility index (Phi) is 2.99. The number of rotatable bonds is 2. The lowest BCUT2D eigenvalue weighted by atomic mass is 10.0. The number of anilines is 1. The molecule has 1 aromatic heterocycles. The molecule has 0 bridgehead atoms. The minimum absolute atomic E-state index is 0.685. The monoisotopic (exact) mass is 246 g/mol. The van der Waals surface area contributed by atoms with E-state index in [9.17, 15) is 0 Å². The average molecular weight is 246 g/mol. The topological polar surface area (TPSA) is 38.9 Å². The molecule has 92 valence electrons. The summed E-state index contributed by atoms with van der Waals surface area (Å²) in [5.41, 5.74) is 10.8. The van der Waals surface area contributed by atoms with Crippen LogP contribution in [0.1, 0.15) is 0 Å². The number of hydrogen-bond donors (Lipinski definition) is 1. The van der Waals surface area contributed by atoms with Gasteiger partial charge in [0.25, 0.3) is 0 Å². The van der Waals surface area contributed by atoms with Crippen LogP contribution in [0.25, 0.3) is 22.4 Å². The Bertz CT molecular complexity index is 656. The Morgan fingerprint density at radius 2 is 1.26 bits per heavy atom. The summed E-state index contributed by atoms with van der Waals surface area (Å²) in [4.78, 5) is 4.33. The molecule has 0 atom stereocenters. The second-order valence-corrected chi connectivity index (χ2v) is 4.42. The van der Waals surface area contributed by atoms with Crippen molar-refractivity contribution in [2.45, 2.75) is 0 Å². The Morgan fingerprint density at radius 1 is 0.632 bits per heavy atom. The van der Waals surface area contributed by atoms with Crippen LogP contribution in [0, 0.1) is 0 Å². The Hall–Kier alpha value is -2.61. The van der Waals surface area contributed by atoms with E-state index in [1.54, 1.807) is 6.20 Å². The highest BCUT2D eigenvalue weighted by atomic mass is 14.7. The Balaban J connectivity index is 1.93. The molecule has 0 radical (unpaired) electrons. The fourth-order valence-corrected chi connectivity index (χ4v) is 2.04. The van der Waals surface area contributed by atoms with Crippen molar-refractivity contribution in [3.63, 3.8) is 0 Å². The van der Waals surface area contributed by atoms with Gasteiger partial charge in [-0.1, -0.05) is 54.6 Å². The molecule has 0 amide bonds. The lowest BCUT2D eigenvalue weighted by Crippen LogP contribution is -1.88. The van der Waals surface area contributed by atoms with Crippen molar-refractivity contribution in [3.05, 3.63) is 72.9 Å². The molecule has 0 aliphatic carbocycles. The van der Waals surface area contributed by atoms with Crippen molar-refractivity contribution in [2.75, 3.05) is 5.73 Å². The molecule has 0 unspecified atom stereocenters. The summed E-state index contributed by atoms with van der Waals surface area (Å²) in [6, 6.07) is 22.5. The molecular formula is C17H14N2. The van der Waals surface area contributed by atoms with Crippen LogP contribution in [0.3, 0.4) is 0 Å². The highest BCUT2D eigenvalue weighted by Gasteiger charge is 2.00. The van der Waals surface area contributed by atoms with E-state index in [0.717, 1.165) is 11.3 Å². The predicted molar refractivity (Wildman–Crippen MR) is 79.5 cm³/mol. The van der Waals surface area contributed by atoms with Crippen molar-refractivity contribution in [2.24, 2.45) is 0 Å². The fraction of sp³-hybridized carbons (Fsp3) is 0. The van der Waals surface area contributed by atoms with E-state index < -0.39 is 0 Å². The number of benzene rings is 2. The van der Waals surface area contributed by atoms with Gasteiger partial charge in [0.2, 0.25) is 0 Å². The molecule has 2 aromatic carbocycles. The van der Waals surface area contributed by atoms with Gasteiger partial charge in [-0.05, 0) is 23.3 Å². The van der Waals surface area contributed by atoms with E-state index in [-0.39, 0.29) is 0 Å². The van der Waals surface area contributed by atoms with Crippen molar-refractivity contribution in [1.29, 1.82) is 0 Å². The molecular weight excluding hydrogens is 232 g/mol. The summed E-state index contributed by atoms with van der Waals surface area (Å²) in [6.45, 7) is 0. The van der Waals surface area contributed by atoms with Gasteiger partial charge in [-0.2, -0.15) is 0 Å². The summed E-state index contributed by atoms with van der Waals surface area (Å²) in [5.74, 6) is 0. The SMILES string of the molecule is Nc1ccc(-c2ccc(-c3ccccc3)cc2)nc1. The normalized spacial score (nSPS) is 10.3. The smallest absolute Gasteiger partial charge is 0.0703 e. The number of pyridine rings is 1. The molecule has 0 saturated heterocycles. The second-order valence-electron chi connectivity index (χ2n) is 4.42. The van der Waals surface area contributed by atoms with Crippen LogP contribution in [0.2, 0.25) is 0 Å². The van der Waals surface area contributed by atoms with E-state index in [2.05, 4.69) is 41.4 Å². The molecule has 2 nitrogen and oxygen atoms in total. The van der Waals surface area contributed by atoms with Gasteiger partial charge in [0.1, 0.15) is 0 Å². The molecule has 0 aliphatic rings. The number of nitrogens with zero attached hydrogens (tertiary/aromatic N) is 1. The van der Waals surface area contributed by atoms with Crippen molar-refractivity contribution < 1.29 is 0 Å². The quantitative estimate of drug-likeness (QED) is 0.742. The van der Waals surface area contributed by atoms with Crippen molar-refractivity contribution >= 4 is 5.69 Å². The van der Waals surface area contributed by atoms with Crippen LogP contribution in [0.5, 0.6) is 0 Å². The van der Waals surface area contributed by atoms with Crippen LogP contribution in [-0.2, 0) is 0 Å². The van der Waals surface area contributed by atoms with Crippen molar-refractivity contribution in [3.8, 4) is 22.4 Å². The van der Waals surface area contributed by atoms with E-state index in [1.807, 2.05) is 30.3 Å². The van der Waals surface area contributed by atoms with Crippen LogP contribution in [0.15, 0.2) is 72.9 Å². The summed E-state index contributed by atoms with van der Waals surface area (Å²) in [6.07, 6.45) is 1.68. The van der Waals surface area contributed by atoms with Gasteiger partial charge in [-0.25, -0.2) is 0 Å². The molecule has 3 aromatic rings. The summed E-state index contributed by atoms with van der Waals surface area (Å²) in [7, 11) is 0. The largest absolute Gasteiger partial charge is 0.397 e. The zero-order valence-corrected chi connectivity index (χ0v) is 10.5. The van der Waals surface area contributed by atoms with Crippen LogP contribution < -0.4 is 5.73 Å². The van der Waals surface area contributed by atoms with Gasteiger partial charge in [0, 0.05) is 5.56 Å². The third kappa shape index (κ3) is 2.47. The third-order valence-electron chi connectivity index (χ3n) is 3.07. The van der Waals surface area contributed by atoms with Gasteiger partial charge >= 0.3 is 0 Å². The van der Waals surface area contributed by atoms with Gasteiger partial charge < -0.3 is 5.73 Å².